The molecule has 1 aromatic heterocycles. The molecule has 2 aromatic rings. The van der Waals surface area contributed by atoms with Crippen LogP contribution in [0.25, 0.3) is 0 Å². The Morgan fingerprint density at radius 2 is 1.91 bits per heavy atom. The van der Waals surface area contributed by atoms with E-state index in [1.165, 1.54) is 6.07 Å². The SMILES string of the molecule is Cc1ccc(C)c(NC(=O)[C@@H](C)NC(=O)c2ccc(Br)o2)c1. The highest BCUT2D eigenvalue weighted by atomic mass is 79.9. The van der Waals surface area contributed by atoms with Gasteiger partial charge >= 0.3 is 0 Å². The zero-order valence-electron chi connectivity index (χ0n) is 12.6. The first-order chi connectivity index (χ1) is 10.4. The van der Waals surface area contributed by atoms with Crippen molar-refractivity contribution >= 4 is 33.4 Å². The number of benzene rings is 1. The van der Waals surface area contributed by atoms with Gasteiger partial charge in [-0.25, -0.2) is 0 Å². The molecule has 5 nitrogen and oxygen atoms in total. The van der Waals surface area contributed by atoms with E-state index in [2.05, 4.69) is 26.6 Å². The fourth-order valence-electron chi connectivity index (χ4n) is 1.88. The molecule has 1 heterocycles. The van der Waals surface area contributed by atoms with Crippen LogP contribution in [0, 0.1) is 13.8 Å². The van der Waals surface area contributed by atoms with Crippen molar-refractivity contribution in [2.45, 2.75) is 26.8 Å². The predicted molar refractivity (Wildman–Crippen MR) is 87.9 cm³/mol. The molecule has 1 atom stereocenters. The standard InChI is InChI=1S/C16H17BrN2O3/c1-9-4-5-10(2)12(8-9)19-15(20)11(3)18-16(21)13-6-7-14(17)22-13/h4-8,11H,1-3H3,(H,18,21)(H,19,20)/t11-/m1/s1. The molecule has 0 unspecified atom stereocenters. The second-order valence-corrected chi connectivity index (χ2v) is 5.89. The van der Waals surface area contributed by atoms with E-state index in [9.17, 15) is 9.59 Å². The van der Waals surface area contributed by atoms with Crippen molar-refractivity contribution in [3.63, 3.8) is 0 Å². The number of halogens is 1. The quantitative estimate of drug-likeness (QED) is 0.872. The average Bonchev–Trinajstić information content (AvgIpc) is 2.89. The first-order valence-electron chi connectivity index (χ1n) is 6.81. The van der Waals surface area contributed by atoms with Gasteiger partial charge in [-0.05, 0) is 66.0 Å². The lowest BCUT2D eigenvalue weighted by Gasteiger charge is -2.15. The van der Waals surface area contributed by atoms with Gasteiger partial charge in [-0.3, -0.25) is 9.59 Å². The first-order valence-corrected chi connectivity index (χ1v) is 7.60. The summed E-state index contributed by atoms with van der Waals surface area (Å²) in [5.41, 5.74) is 2.76. The number of carbonyl (C=O) groups excluding carboxylic acids is 2. The number of hydrogen-bond donors (Lipinski definition) is 2. The third kappa shape index (κ3) is 3.98. The van der Waals surface area contributed by atoms with Crippen LogP contribution in [-0.4, -0.2) is 17.9 Å². The van der Waals surface area contributed by atoms with Crippen molar-refractivity contribution in [1.29, 1.82) is 0 Å². The number of rotatable bonds is 4. The van der Waals surface area contributed by atoms with E-state index in [0.717, 1.165) is 16.8 Å². The summed E-state index contributed by atoms with van der Waals surface area (Å²) in [4.78, 5) is 24.1. The summed E-state index contributed by atoms with van der Waals surface area (Å²) >= 11 is 3.13. The second-order valence-electron chi connectivity index (χ2n) is 5.11. The van der Waals surface area contributed by atoms with Crippen LogP contribution in [0.5, 0.6) is 0 Å². The molecule has 0 radical (unpaired) electrons. The van der Waals surface area contributed by atoms with E-state index >= 15 is 0 Å². The molecule has 0 aliphatic heterocycles. The summed E-state index contributed by atoms with van der Waals surface area (Å²) in [5, 5.41) is 5.42. The van der Waals surface area contributed by atoms with Crippen LogP contribution in [0.4, 0.5) is 5.69 Å². The van der Waals surface area contributed by atoms with Crippen LogP contribution in [-0.2, 0) is 4.79 Å². The van der Waals surface area contributed by atoms with Crippen molar-refractivity contribution in [1.82, 2.24) is 5.32 Å². The number of amides is 2. The van der Waals surface area contributed by atoms with Crippen LogP contribution in [0.15, 0.2) is 39.4 Å². The maximum atomic E-state index is 12.2. The number of aryl methyl sites for hydroxylation is 2. The van der Waals surface area contributed by atoms with Gasteiger partial charge in [0.25, 0.3) is 5.91 Å². The summed E-state index contributed by atoms with van der Waals surface area (Å²) in [6.45, 7) is 5.49. The van der Waals surface area contributed by atoms with E-state index < -0.39 is 11.9 Å². The molecule has 0 saturated heterocycles. The molecule has 0 fully saturated rings. The molecule has 2 rings (SSSR count). The zero-order valence-corrected chi connectivity index (χ0v) is 14.2. The third-order valence-electron chi connectivity index (χ3n) is 3.19. The summed E-state index contributed by atoms with van der Waals surface area (Å²) in [7, 11) is 0. The molecule has 2 N–H and O–H groups in total. The number of carbonyl (C=O) groups is 2. The summed E-state index contributed by atoms with van der Waals surface area (Å²) in [5.74, 6) is -0.569. The van der Waals surface area contributed by atoms with Crippen LogP contribution in [0.1, 0.15) is 28.6 Å². The van der Waals surface area contributed by atoms with Gasteiger partial charge in [0, 0.05) is 5.69 Å². The Bertz CT molecular complexity index is 709. The van der Waals surface area contributed by atoms with E-state index in [1.807, 2.05) is 32.0 Å². The Morgan fingerprint density at radius 1 is 1.18 bits per heavy atom. The molecule has 0 saturated carbocycles. The van der Waals surface area contributed by atoms with Crippen molar-refractivity contribution in [3.05, 3.63) is 51.9 Å². The highest BCUT2D eigenvalue weighted by Crippen LogP contribution is 2.17. The van der Waals surface area contributed by atoms with Gasteiger partial charge in [-0.2, -0.15) is 0 Å². The van der Waals surface area contributed by atoms with Crippen LogP contribution < -0.4 is 10.6 Å². The normalized spacial score (nSPS) is 11.8. The van der Waals surface area contributed by atoms with Gasteiger partial charge in [0.1, 0.15) is 6.04 Å². The van der Waals surface area contributed by atoms with Gasteiger partial charge in [0.15, 0.2) is 10.4 Å². The van der Waals surface area contributed by atoms with Crippen LogP contribution in [0.3, 0.4) is 0 Å². The van der Waals surface area contributed by atoms with Crippen molar-refractivity contribution < 1.29 is 14.0 Å². The topological polar surface area (TPSA) is 71.3 Å². The minimum Gasteiger partial charge on any atom is -0.444 e. The van der Waals surface area contributed by atoms with Crippen LogP contribution >= 0.6 is 15.9 Å². The van der Waals surface area contributed by atoms with E-state index in [1.54, 1.807) is 13.0 Å². The van der Waals surface area contributed by atoms with Crippen molar-refractivity contribution in [2.24, 2.45) is 0 Å². The van der Waals surface area contributed by atoms with Gasteiger partial charge in [-0.15, -0.1) is 0 Å². The monoisotopic (exact) mass is 364 g/mol. The molecule has 6 heteroatoms. The Labute approximate surface area is 137 Å². The minimum absolute atomic E-state index is 0.151. The molecule has 0 spiro atoms. The maximum absolute atomic E-state index is 12.2. The Kier molecular flexibility index (Phi) is 5.03. The van der Waals surface area contributed by atoms with Crippen molar-refractivity contribution in [2.75, 3.05) is 5.32 Å². The molecule has 2 amide bonds. The number of anilines is 1. The zero-order chi connectivity index (χ0) is 16.3. The highest BCUT2D eigenvalue weighted by Gasteiger charge is 2.19. The van der Waals surface area contributed by atoms with Gasteiger partial charge in [0.05, 0.1) is 0 Å². The summed E-state index contributed by atoms with van der Waals surface area (Å²) in [6.07, 6.45) is 0. The highest BCUT2D eigenvalue weighted by molar-refractivity contribution is 9.10. The van der Waals surface area contributed by atoms with Crippen molar-refractivity contribution in [3.8, 4) is 0 Å². The average molecular weight is 365 g/mol. The largest absolute Gasteiger partial charge is 0.444 e. The molecule has 0 bridgehead atoms. The lowest BCUT2D eigenvalue weighted by molar-refractivity contribution is -0.117. The lowest BCUT2D eigenvalue weighted by atomic mass is 10.1. The number of furan rings is 1. The molecule has 1 aromatic carbocycles. The van der Waals surface area contributed by atoms with Gasteiger partial charge < -0.3 is 15.1 Å². The Morgan fingerprint density at radius 3 is 2.55 bits per heavy atom. The Hall–Kier alpha value is -2.08. The molecule has 116 valence electrons. The second kappa shape index (κ2) is 6.79. The fourth-order valence-corrected chi connectivity index (χ4v) is 2.19. The predicted octanol–water partition coefficient (Wildman–Crippen LogP) is 3.42. The fraction of sp³-hybridized carbons (Fsp3) is 0.250. The van der Waals surface area contributed by atoms with E-state index in [-0.39, 0.29) is 11.7 Å². The molecular formula is C16H17BrN2O3. The van der Waals surface area contributed by atoms with Crippen LogP contribution in [0.2, 0.25) is 0 Å². The molecule has 0 aliphatic carbocycles. The molecule has 0 aliphatic rings. The number of hydrogen-bond acceptors (Lipinski definition) is 3. The minimum atomic E-state index is -0.684. The van der Waals surface area contributed by atoms with Gasteiger partial charge in [-0.1, -0.05) is 12.1 Å². The third-order valence-corrected chi connectivity index (χ3v) is 3.62. The molecular weight excluding hydrogens is 348 g/mol. The van der Waals surface area contributed by atoms with Gasteiger partial charge in [0.2, 0.25) is 5.91 Å². The maximum Gasteiger partial charge on any atom is 0.287 e. The summed E-state index contributed by atoms with van der Waals surface area (Å²) in [6, 6.07) is 8.28. The van der Waals surface area contributed by atoms with E-state index in [0.29, 0.717) is 4.67 Å². The molecule has 22 heavy (non-hydrogen) atoms. The number of nitrogens with one attached hydrogen (secondary N) is 2. The van der Waals surface area contributed by atoms with E-state index in [4.69, 9.17) is 4.42 Å². The summed E-state index contributed by atoms with van der Waals surface area (Å²) < 4.78 is 5.62. The smallest absolute Gasteiger partial charge is 0.287 e. The first kappa shape index (κ1) is 16.3. The Balaban J connectivity index is 2.00. The lowest BCUT2D eigenvalue weighted by Crippen LogP contribution is -2.41.